The molecule has 1 saturated heterocycles. The summed E-state index contributed by atoms with van der Waals surface area (Å²) < 4.78 is 16.6. The maximum Gasteiger partial charge on any atom is 0.309 e. The molecule has 0 amide bonds. The fourth-order valence-corrected chi connectivity index (χ4v) is 4.77. The summed E-state index contributed by atoms with van der Waals surface area (Å²) in [6, 6.07) is 15.4. The highest BCUT2D eigenvalue weighted by atomic mass is 32.2. The number of para-hydroxylation sites is 2. The molecule has 0 radical (unpaired) electrons. The van der Waals surface area contributed by atoms with Gasteiger partial charge in [-0.1, -0.05) is 36.0 Å². The summed E-state index contributed by atoms with van der Waals surface area (Å²) in [7, 11) is 3.27. The number of hydrogen-bond acceptors (Lipinski definition) is 7. The Labute approximate surface area is 191 Å². The molecule has 32 heavy (non-hydrogen) atoms. The van der Waals surface area contributed by atoms with E-state index in [0.29, 0.717) is 23.1 Å². The lowest BCUT2D eigenvalue weighted by molar-refractivity contribution is -0.165. The number of thioether (sulfide) groups is 1. The highest BCUT2D eigenvalue weighted by Crippen LogP contribution is 2.40. The molecule has 1 aliphatic heterocycles. The van der Waals surface area contributed by atoms with Crippen molar-refractivity contribution in [3.63, 3.8) is 0 Å². The van der Waals surface area contributed by atoms with Crippen LogP contribution in [0.1, 0.15) is 19.8 Å². The van der Waals surface area contributed by atoms with Crippen molar-refractivity contribution in [2.45, 2.75) is 36.6 Å². The number of carbonyl (C=O) groups excluding carboxylic acids is 1. The van der Waals surface area contributed by atoms with Crippen LogP contribution in [0.15, 0.2) is 53.7 Å². The molecule has 2 N–H and O–H groups in total. The Morgan fingerprint density at radius 2 is 1.75 bits per heavy atom. The first-order valence-electron chi connectivity index (χ1n) is 10.3. The standard InChI is InChI=1S/C24H26N2O5S/c1-24(28)12-15(31-20(27)13-24)14-32-23-25-21(16-8-4-6-10-18(16)29-2)22(26-23)17-9-5-7-11-19(17)30-3/h4-11,15,28H,12-14H2,1-3H3,(H,25,26)/t15-,24-/m1/s1. The van der Waals surface area contributed by atoms with Crippen LogP contribution in [0.4, 0.5) is 0 Å². The van der Waals surface area contributed by atoms with Crippen LogP contribution >= 0.6 is 11.8 Å². The number of esters is 1. The smallest absolute Gasteiger partial charge is 0.309 e. The van der Waals surface area contributed by atoms with Gasteiger partial charge in [0.15, 0.2) is 5.16 Å². The van der Waals surface area contributed by atoms with E-state index in [-0.39, 0.29) is 18.5 Å². The molecule has 1 aliphatic rings. The second kappa shape index (κ2) is 9.26. The van der Waals surface area contributed by atoms with E-state index < -0.39 is 5.60 Å². The molecule has 0 bridgehead atoms. The summed E-state index contributed by atoms with van der Waals surface area (Å²) in [5.41, 5.74) is 2.23. The first-order chi connectivity index (χ1) is 15.4. The van der Waals surface area contributed by atoms with E-state index in [0.717, 1.165) is 28.3 Å². The first kappa shape index (κ1) is 22.2. The average molecular weight is 455 g/mol. The predicted octanol–water partition coefficient (Wildman–Crippen LogP) is 4.31. The Bertz CT molecular complexity index is 1050. The number of methoxy groups -OCH3 is 2. The lowest BCUT2D eigenvalue weighted by atomic mass is 9.93. The van der Waals surface area contributed by atoms with Gasteiger partial charge < -0.3 is 24.3 Å². The Hall–Kier alpha value is -2.97. The lowest BCUT2D eigenvalue weighted by Crippen LogP contribution is -2.41. The van der Waals surface area contributed by atoms with Crippen LogP contribution in [0.25, 0.3) is 22.5 Å². The molecule has 0 spiro atoms. The Morgan fingerprint density at radius 3 is 2.41 bits per heavy atom. The quantitative estimate of drug-likeness (QED) is 0.406. The number of aromatic amines is 1. The summed E-state index contributed by atoms with van der Waals surface area (Å²) in [6.07, 6.45) is 0.0292. The topological polar surface area (TPSA) is 93.7 Å². The van der Waals surface area contributed by atoms with Gasteiger partial charge in [0.2, 0.25) is 0 Å². The van der Waals surface area contributed by atoms with E-state index in [9.17, 15) is 9.90 Å². The number of aliphatic hydroxyl groups is 1. The molecule has 0 unspecified atom stereocenters. The van der Waals surface area contributed by atoms with Crippen LogP contribution in [0, 0.1) is 0 Å². The van der Waals surface area contributed by atoms with Crippen LogP contribution < -0.4 is 9.47 Å². The van der Waals surface area contributed by atoms with Gasteiger partial charge in [-0.15, -0.1) is 0 Å². The molecular weight excluding hydrogens is 428 g/mol. The van der Waals surface area contributed by atoms with Crippen molar-refractivity contribution in [2.75, 3.05) is 20.0 Å². The molecular formula is C24H26N2O5S. The number of H-pyrrole nitrogens is 1. The highest BCUT2D eigenvalue weighted by molar-refractivity contribution is 7.99. The number of hydrogen-bond donors (Lipinski definition) is 2. The number of aromatic nitrogens is 2. The molecule has 3 aromatic rings. The van der Waals surface area contributed by atoms with Gasteiger partial charge in [0.25, 0.3) is 0 Å². The summed E-state index contributed by atoms with van der Waals surface area (Å²) in [5.74, 6) is 1.53. The van der Waals surface area contributed by atoms with E-state index >= 15 is 0 Å². The number of nitrogens with zero attached hydrogens (tertiary/aromatic N) is 1. The van der Waals surface area contributed by atoms with Crippen LogP contribution in [-0.2, 0) is 9.53 Å². The van der Waals surface area contributed by atoms with Crippen molar-refractivity contribution in [3.05, 3.63) is 48.5 Å². The van der Waals surface area contributed by atoms with Crippen molar-refractivity contribution in [1.82, 2.24) is 9.97 Å². The van der Waals surface area contributed by atoms with E-state index in [4.69, 9.17) is 19.2 Å². The number of ether oxygens (including phenoxy) is 3. The summed E-state index contributed by atoms with van der Waals surface area (Å²) >= 11 is 1.44. The highest BCUT2D eigenvalue weighted by Gasteiger charge is 2.36. The third kappa shape index (κ3) is 4.76. The zero-order valence-corrected chi connectivity index (χ0v) is 19.1. The zero-order valence-electron chi connectivity index (χ0n) is 18.3. The SMILES string of the molecule is COc1ccccc1-c1nc(SC[C@H]2C[C@@](C)(O)CC(=O)O2)[nH]c1-c1ccccc1OC. The monoisotopic (exact) mass is 454 g/mol. The molecule has 0 saturated carbocycles. The van der Waals surface area contributed by atoms with E-state index in [2.05, 4.69) is 4.98 Å². The van der Waals surface area contributed by atoms with Gasteiger partial charge >= 0.3 is 5.97 Å². The summed E-state index contributed by atoms with van der Waals surface area (Å²) in [5, 5.41) is 11.0. The minimum atomic E-state index is -1.05. The normalized spacial score (nSPS) is 20.6. The molecule has 0 aliphatic carbocycles. The molecule has 2 atom stereocenters. The third-order valence-electron chi connectivity index (χ3n) is 5.32. The average Bonchev–Trinajstić information content (AvgIpc) is 3.20. The largest absolute Gasteiger partial charge is 0.496 e. The fourth-order valence-electron chi connectivity index (χ4n) is 3.91. The molecule has 7 nitrogen and oxygen atoms in total. The summed E-state index contributed by atoms with van der Waals surface area (Å²) in [6.45, 7) is 1.66. The van der Waals surface area contributed by atoms with Gasteiger partial charge in [-0.05, 0) is 31.2 Å². The van der Waals surface area contributed by atoms with Gasteiger partial charge in [0, 0.05) is 23.3 Å². The maximum absolute atomic E-state index is 11.8. The fraction of sp³-hybridized carbons (Fsp3) is 0.333. The van der Waals surface area contributed by atoms with Gasteiger partial charge in [-0.3, -0.25) is 4.79 Å². The number of cyclic esters (lactones) is 1. The minimum Gasteiger partial charge on any atom is -0.496 e. The number of benzene rings is 2. The molecule has 8 heteroatoms. The van der Waals surface area contributed by atoms with E-state index in [1.807, 2.05) is 48.5 Å². The van der Waals surface area contributed by atoms with Crippen molar-refractivity contribution in [3.8, 4) is 34.0 Å². The number of imidazole rings is 1. The third-order valence-corrected chi connectivity index (χ3v) is 6.32. The number of rotatable bonds is 7. The van der Waals surface area contributed by atoms with Crippen LogP contribution in [0.2, 0.25) is 0 Å². The van der Waals surface area contributed by atoms with Crippen LogP contribution in [0.3, 0.4) is 0 Å². The molecule has 2 aromatic carbocycles. The minimum absolute atomic E-state index is 0.0187. The molecule has 168 valence electrons. The predicted molar refractivity (Wildman–Crippen MR) is 123 cm³/mol. The van der Waals surface area contributed by atoms with Crippen molar-refractivity contribution >= 4 is 17.7 Å². The second-order valence-corrected chi connectivity index (χ2v) is 8.98. The van der Waals surface area contributed by atoms with Crippen molar-refractivity contribution < 1.29 is 24.1 Å². The van der Waals surface area contributed by atoms with Gasteiger partial charge in [0.05, 0.1) is 31.9 Å². The van der Waals surface area contributed by atoms with E-state index in [1.165, 1.54) is 11.8 Å². The maximum atomic E-state index is 11.8. The molecule has 4 rings (SSSR count). The van der Waals surface area contributed by atoms with Gasteiger partial charge in [0.1, 0.15) is 23.3 Å². The Kier molecular flexibility index (Phi) is 6.43. The lowest BCUT2D eigenvalue weighted by Gasteiger charge is -2.32. The van der Waals surface area contributed by atoms with Crippen molar-refractivity contribution in [2.24, 2.45) is 0 Å². The summed E-state index contributed by atoms with van der Waals surface area (Å²) in [4.78, 5) is 20.1. The van der Waals surface area contributed by atoms with Crippen molar-refractivity contribution in [1.29, 1.82) is 0 Å². The van der Waals surface area contributed by atoms with E-state index in [1.54, 1.807) is 21.1 Å². The van der Waals surface area contributed by atoms with Gasteiger partial charge in [-0.25, -0.2) is 4.98 Å². The zero-order chi connectivity index (χ0) is 22.7. The molecule has 2 heterocycles. The number of carbonyl (C=O) groups is 1. The second-order valence-electron chi connectivity index (χ2n) is 7.97. The number of nitrogens with one attached hydrogen (secondary N) is 1. The first-order valence-corrected chi connectivity index (χ1v) is 11.3. The molecule has 1 aromatic heterocycles. The van der Waals surface area contributed by atoms with Gasteiger partial charge in [-0.2, -0.15) is 0 Å². The van der Waals surface area contributed by atoms with Crippen LogP contribution in [0.5, 0.6) is 11.5 Å². The van der Waals surface area contributed by atoms with Crippen LogP contribution in [-0.4, -0.2) is 52.7 Å². The Morgan fingerprint density at radius 1 is 1.12 bits per heavy atom. The molecule has 1 fully saturated rings. The Balaban J connectivity index is 1.69.